The van der Waals surface area contributed by atoms with E-state index in [0.717, 1.165) is 25.0 Å². The Hall–Kier alpha value is -1.85. The third-order valence-corrected chi connectivity index (χ3v) is 3.45. The first-order valence-corrected chi connectivity index (χ1v) is 7.22. The first-order valence-electron chi connectivity index (χ1n) is 7.22. The Balaban J connectivity index is 1.56. The SMILES string of the molecule is O=C(O)CCCCCCNC(=O)c1cc(C2CC2)[nH]n1. The minimum absolute atomic E-state index is 0.140. The number of carboxylic acids is 1. The number of rotatable bonds is 9. The molecule has 2 rings (SSSR count). The van der Waals surface area contributed by atoms with Gasteiger partial charge >= 0.3 is 5.97 Å². The number of carbonyl (C=O) groups excluding carboxylic acids is 1. The maximum Gasteiger partial charge on any atom is 0.303 e. The Morgan fingerprint density at radius 1 is 1.30 bits per heavy atom. The molecule has 0 saturated heterocycles. The highest BCUT2D eigenvalue weighted by Gasteiger charge is 2.26. The van der Waals surface area contributed by atoms with Crippen molar-refractivity contribution < 1.29 is 14.7 Å². The number of hydrogen-bond acceptors (Lipinski definition) is 3. The molecule has 0 aliphatic heterocycles. The van der Waals surface area contributed by atoms with E-state index in [1.54, 1.807) is 0 Å². The van der Waals surface area contributed by atoms with Gasteiger partial charge in [-0.15, -0.1) is 0 Å². The van der Waals surface area contributed by atoms with Crippen LogP contribution in [-0.2, 0) is 4.79 Å². The van der Waals surface area contributed by atoms with Crippen molar-refractivity contribution in [3.63, 3.8) is 0 Å². The van der Waals surface area contributed by atoms with Gasteiger partial charge in [-0.2, -0.15) is 5.10 Å². The van der Waals surface area contributed by atoms with E-state index in [9.17, 15) is 9.59 Å². The van der Waals surface area contributed by atoms with Crippen molar-refractivity contribution in [3.05, 3.63) is 17.5 Å². The molecule has 0 radical (unpaired) electrons. The molecule has 1 aliphatic carbocycles. The molecule has 1 aliphatic rings. The van der Waals surface area contributed by atoms with E-state index in [4.69, 9.17) is 5.11 Å². The zero-order valence-corrected chi connectivity index (χ0v) is 11.5. The van der Waals surface area contributed by atoms with E-state index < -0.39 is 5.97 Å². The first-order chi connectivity index (χ1) is 9.66. The topological polar surface area (TPSA) is 95.1 Å². The lowest BCUT2D eigenvalue weighted by Crippen LogP contribution is -2.24. The van der Waals surface area contributed by atoms with Crippen molar-refractivity contribution in [1.29, 1.82) is 0 Å². The highest BCUT2D eigenvalue weighted by molar-refractivity contribution is 5.92. The van der Waals surface area contributed by atoms with E-state index in [0.29, 0.717) is 24.6 Å². The predicted molar refractivity (Wildman–Crippen MR) is 73.6 cm³/mol. The number of unbranched alkanes of at least 4 members (excludes halogenated alkanes) is 3. The lowest BCUT2D eigenvalue weighted by molar-refractivity contribution is -0.137. The summed E-state index contributed by atoms with van der Waals surface area (Å²) in [5.41, 5.74) is 1.52. The van der Waals surface area contributed by atoms with Crippen LogP contribution >= 0.6 is 0 Å². The molecule has 20 heavy (non-hydrogen) atoms. The zero-order valence-electron chi connectivity index (χ0n) is 11.5. The van der Waals surface area contributed by atoms with Gasteiger partial charge in [0, 0.05) is 24.6 Å². The van der Waals surface area contributed by atoms with Gasteiger partial charge in [-0.25, -0.2) is 0 Å². The zero-order chi connectivity index (χ0) is 14.4. The Labute approximate surface area is 118 Å². The summed E-state index contributed by atoms with van der Waals surface area (Å²) >= 11 is 0. The van der Waals surface area contributed by atoms with Crippen LogP contribution in [0.15, 0.2) is 6.07 Å². The quantitative estimate of drug-likeness (QED) is 0.603. The Bertz CT molecular complexity index is 466. The van der Waals surface area contributed by atoms with Crippen molar-refractivity contribution in [3.8, 4) is 0 Å². The summed E-state index contributed by atoms with van der Waals surface area (Å²) in [6, 6.07) is 1.83. The molecule has 1 saturated carbocycles. The lowest BCUT2D eigenvalue weighted by atomic mass is 10.1. The summed E-state index contributed by atoms with van der Waals surface area (Å²) in [5, 5.41) is 18.3. The van der Waals surface area contributed by atoms with Gasteiger partial charge in [0.2, 0.25) is 0 Å². The number of amides is 1. The molecule has 0 bridgehead atoms. The monoisotopic (exact) mass is 279 g/mol. The van der Waals surface area contributed by atoms with Crippen LogP contribution in [-0.4, -0.2) is 33.7 Å². The van der Waals surface area contributed by atoms with Crippen LogP contribution in [0.5, 0.6) is 0 Å². The largest absolute Gasteiger partial charge is 0.481 e. The lowest BCUT2D eigenvalue weighted by Gasteiger charge is -2.02. The number of hydrogen-bond donors (Lipinski definition) is 3. The maximum atomic E-state index is 11.8. The second kappa shape index (κ2) is 7.07. The highest BCUT2D eigenvalue weighted by atomic mass is 16.4. The fourth-order valence-corrected chi connectivity index (χ4v) is 2.10. The summed E-state index contributed by atoms with van der Waals surface area (Å²) in [4.78, 5) is 22.1. The van der Waals surface area contributed by atoms with Crippen molar-refractivity contribution in [2.75, 3.05) is 6.54 Å². The predicted octanol–water partition coefficient (Wildman–Crippen LogP) is 2.05. The van der Waals surface area contributed by atoms with Crippen molar-refractivity contribution in [1.82, 2.24) is 15.5 Å². The van der Waals surface area contributed by atoms with Crippen LogP contribution in [0, 0.1) is 0 Å². The second-order valence-corrected chi connectivity index (χ2v) is 5.30. The van der Waals surface area contributed by atoms with Crippen LogP contribution in [0.1, 0.15) is 67.0 Å². The number of H-pyrrole nitrogens is 1. The Morgan fingerprint density at radius 2 is 2.05 bits per heavy atom. The van der Waals surface area contributed by atoms with E-state index in [1.807, 2.05) is 6.07 Å². The van der Waals surface area contributed by atoms with Crippen molar-refractivity contribution >= 4 is 11.9 Å². The summed E-state index contributed by atoms with van der Waals surface area (Å²) < 4.78 is 0. The molecular formula is C14H21N3O3. The molecule has 1 amide bonds. The van der Waals surface area contributed by atoms with Gasteiger partial charge in [-0.05, 0) is 31.7 Å². The number of carbonyl (C=O) groups is 2. The van der Waals surface area contributed by atoms with Gasteiger partial charge < -0.3 is 10.4 Å². The molecule has 0 unspecified atom stereocenters. The van der Waals surface area contributed by atoms with Gasteiger partial charge in [-0.1, -0.05) is 12.8 Å². The van der Waals surface area contributed by atoms with Crippen molar-refractivity contribution in [2.24, 2.45) is 0 Å². The maximum absolute atomic E-state index is 11.8. The van der Waals surface area contributed by atoms with Gasteiger partial charge in [0.15, 0.2) is 0 Å². The van der Waals surface area contributed by atoms with E-state index >= 15 is 0 Å². The van der Waals surface area contributed by atoms with Gasteiger partial charge in [0.1, 0.15) is 5.69 Å². The number of aromatic nitrogens is 2. The van der Waals surface area contributed by atoms with Gasteiger partial charge in [0.05, 0.1) is 0 Å². The van der Waals surface area contributed by atoms with Crippen LogP contribution in [0.4, 0.5) is 0 Å². The van der Waals surface area contributed by atoms with E-state index in [2.05, 4.69) is 15.5 Å². The molecule has 0 spiro atoms. The van der Waals surface area contributed by atoms with Crippen molar-refractivity contribution in [2.45, 2.75) is 50.9 Å². The van der Waals surface area contributed by atoms with E-state index in [1.165, 1.54) is 12.8 Å². The fourth-order valence-electron chi connectivity index (χ4n) is 2.10. The minimum atomic E-state index is -0.747. The second-order valence-electron chi connectivity index (χ2n) is 5.30. The van der Waals surface area contributed by atoms with Gasteiger partial charge in [0.25, 0.3) is 5.91 Å². The molecule has 0 aromatic carbocycles. The smallest absolute Gasteiger partial charge is 0.303 e. The summed E-state index contributed by atoms with van der Waals surface area (Å²) in [7, 11) is 0. The Kier molecular flexibility index (Phi) is 5.15. The van der Waals surface area contributed by atoms with E-state index in [-0.39, 0.29) is 12.3 Å². The van der Waals surface area contributed by atoms with Crippen LogP contribution in [0.25, 0.3) is 0 Å². The first kappa shape index (κ1) is 14.6. The molecule has 3 N–H and O–H groups in total. The third kappa shape index (κ3) is 4.68. The highest BCUT2D eigenvalue weighted by Crippen LogP contribution is 2.38. The van der Waals surface area contributed by atoms with Crippen LogP contribution in [0.3, 0.4) is 0 Å². The average Bonchev–Trinajstić information content (AvgIpc) is 3.14. The molecule has 1 heterocycles. The normalized spacial score (nSPS) is 14.2. The summed E-state index contributed by atoms with van der Waals surface area (Å²) in [6.07, 6.45) is 5.97. The molecule has 1 aromatic heterocycles. The number of carboxylic acid groups (broad SMARTS) is 1. The molecule has 6 nitrogen and oxygen atoms in total. The van der Waals surface area contributed by atoms with Crippen LogP contribution in [0.2, 0.25) is 0 Å². The number of aliphatic carboxylic acids is 1. The average molecular weight is 279 g/mol. The summed E-state index contributed by atoms with van der Waals surface area (Å²) in [5.74, 6) is -0.319. The Morgan fingerprint density at radius 3 is 2.75 bits per heavy atom. The molecule has 110 valence electrons. The molecule has 1 fully saturated rings. The number of aromatic amines is 1. The fraction of sp³-hybridized carbons (Fsp3) is 0.643. The van der Waals surface area contributed by atoms with Crippen LogP contribution < -0.4 is 5.32 Å². The number of nitrogens with one attached hydrogen (secondary N) is 2. The molecule has 0 atom stereocenters. The molecule has 1 aromatic rings. The third-order valence-electron chi connectivity index (χ3n) is 3.45. The number of nitrogens with zero attached hydrogens (tertiary/aromatic N) is 1. The molecule has 6 heteroatoms. The minimum Gasteiger partial charge on any atom is -0.481 e. The summed E-state index contributed by atoms with van der Waals surface area (Å²) in [6.45, 7) is 0.609. The van der Waals surface area contributed by atoms with Gasteiger partial charge in [-0.3, -0.25) is 14.7 Å². The standard InChI is InChI=1S/C14H21N3O3/c18-13(19)5-3-1-2-4-8-15-14(20)12-9-11(16-17-12)10-6-7-10/h9-10H,1-8H2,(H,15,20)(H,16,17)(H,18,19). The molecular weight excluding hydrogens is 258 g/mol.